The van der Waals surface area contributed by atoms with E-state index in [-0.39, 0.29) is 17.9 Å². The molecule has 0 aliphatic carbocycles. The molecule has 1 saturated heterocycles. The van der Waals surface area contributed by atoms with Crippen molar-refractivity contribution in [2.45, 2.75) is 19.4 Å². The molecule has 0 bridgehead atoms. The molecule has 5 nitrogen and oxygen atoms in total. The van der Waals surface area contributed by atoms with E-state index >= 15 is 0 Å². The Morgan fingerprint density at radius 1 is 1.45 bits per heavy atom. The molecule has 1 heterocycles. The normalized spacial score (nSPS) is 17.8. The largest absolute Gasteiger partial charge is 0.352 e. The Morgan fingerprint density at radius 3 is 2.95 bits per heavy atom. The summed E-state index contributed by atoms with van der Waals surface area (Å²) in [5.41, 5.74) is 0.873. The highest BCUT2D eigenvalue weighted by Crippen LogP contribution is 2.22. The molecule has 0 radical (unpaired) electrons. The number of thioether (sulfide) groups is 1. The number of nitrogens with one attached hydrogen (secondary N) is 3. The van der Waals surface area contributed by atoms with Gasteiger partial charge in [0.25, 0.3) is 5.91 Å². The van der Waals surface area contributed by atoms with Crippen molar-refractivity contribution < 1.29 is 9.59 Å². The zero-order chi connectivity index (χ0) is 15.9. The average molecular weight is 342 g/mol. The molecule has 1 atom stereocenters. The van der Waals surface area contributed by atoms with E-state index in [0.29, 0.717) is 29.2 Å². The summed E-state index contributed by atoms with van der Waals surface area (Å²) in [4.78, 5) is 24.2. The lowest BCUT2D eigenvalue weighted by molar-refractivity contribution is -0.116. The number of hydrogen-bond donors (Lipinski definition) is 3. The smallest absolute Gasteiger partial charge is 0.253 e. The van der Waals surface area contributed by atoms with Gasteiger partial charge in [-0.05, 0) is 25.1 Å². The van der Waals surface area contributed by atoms with Crippen LogP contribution in [0.3, 0.4) is 0 Å². The molecule has 1 unspecified atom stereocenters. The predicted octanol–water partition coefficient (Wildman–Crippen LogP) is 2.12. The average Bonchev–Trinajstić information content (AvgIpc) is 2.48. The number of halogens is 1. The first-order chi connectivity index (χ1) is 10.6. The van der Waals surface area contributed by atoms with Crippen molar-refractivity contribution in [3.8, 4) is 0 Å². The fourth-order valence-electron chi connectivity index (χ4n) is 2.25. The lowest BCUT2D eigenvalue weighted by Crippen LogP contribution is -2.40. The van der Waals surface area contributed by atoms with Crippen LogP contribution in [0.2, 0.25) is 5.02 Å². The summed E-state index contributed by atoms with van der Waals surface area (Å²) in [6, 6.07) is 5.04. The summed E-state index contributed by atoms with van der Waals surface area (Å²) in [7, 11) is 0. The van der Waals surface area contributed by atoms with Crippen molar-refractivity contribution in [1.29, 1.82) is 0 Å². The molecule has 22 heavy (non-hydrogen) atoms. The van der Waals surface area contributed by atoms with Crippen LogP contribution in [0.5, 0.6) is 0 Å². The highest BCUT2D eigenvalue weighted by molar-refractivity contribution is 7.99. The van der Waals surface area contributed by atoms with E-state index in [9.17, 15) is 9.59 Å². The highest BCUT2D eigenvalue weighted by Gasteiger charge is 2.19. The second-order valence-electron chi connectivity index (χ2n) is 5.03. The van der Waals surface area contributed by atoms with Gasteiger partial charge in [-0.2, -0.15) is 11.8 Å². The Labute approximate surface area is 139 Å². The van der Waals surface area contributed by atoms with Crippen molar-refractivity contribution in [2.75, 3.05) is 29.9 Å². The van der Waals surface area contributed by atoms with Crippen LogP contribution < -0.4 is 16.0 Å². The Bertz CT molecular complexity index is 548. The van der Waals surface area contributed by atoms with Crippen LogP contribution in [0.15, 0.2) is 18.2 Å². The number of benzene rings is 1. The van der Waals surface area contributed by atoms with E-state index < -0.39 is 0 Å². The van der Waals surface area contributed by atoms with E-state index in [1.54, 1.807) is 18.2 Å². The minimum Gasteiger partial charge on any atom is -0.352 e. The van der Waals surface area contributed by atoms with Crippen LogP contribution in [-0.2, 0) is 4.79 Å². The first-order valence-corrected chi connectivity index (χ1v) is 8.82. The van der Waals surface area contributed by atoms with Gasteiger partial charge in [0, 0.05) is 42.1 Å². The molecular weight excluding hydrogens is 322 g/mol. The fraction of sp³-hybridized carbons (Fsp3) is 0.467. The minimum absolute atomic E-state index is 0.118. The Morgan fingerprint density at radius 2 is 2.27 bits per heavy atom. The molecule has 120 valence electrons. The van der Waals surface area contributed by atoms with Gasteiger partial charge in [0.2, 0.25) is 5.91 Å². The van der Waals surface area contributed by atoms with Crippen molar-refractivity contribution in [1.82, 2.24) is 10.6 Å². The molecule has 1 aromatic rings. The molecule has 1 fully saturated rings. The van der Waals surface area contributed by atoms with Crippen LogP contribution in [-0.4, -0.2) is 42.5 Å². The zero-order valence-corrected chi connectivity index (χ0v) is 14.0. The summed E-state index contributed by atoms with van der Waals surface area (Å²) >= 11 is 7.82. The maximum Gasteiger partial charge on any atom is 0.253 e. The van der Waals surface area contributed by atoms with Gasteiger partial charge < -0.3 is 16.0 Å². The topological polar surface area (TPSA) is 70.2 Å². The van der Waals surface area contributed by atoms with Gasteiger partial charge in [-0.3, -0.25) is 9.59 Å². The molecule has 1 aliphatic rings. The summed E-state index contributed by atoms with van der Waals surface area (Å²) < 4.78 is 0. The van der Waals surface area contributed by atoms with Gasteiger partial charge in [0.1, 0.15) is 0 Å². The predicted molar refractivity (Wildman–Crippen MR) is 91.8 cm³/mol. The first-order valence-electron chi connectivity index (χ1n) is 7.29. The Kier molecular flexibility index (Phi) is 6.54. The maximum atomic E-state index is 12.2. The molecule has 0 saturated carbocycles. The Hall–Kier alpha value is -1.24. The second-order valence-corrected chi connectivity index (χ2v) is 6.61. The molecule has 7 heteroatoms. The van der Waals surface area contributed by atoms with E-state index in [1.165, 1.54) is 0 Å². The van der Waals surface area contributed by atoms with Gasteiger partial charge in [-0.1, -0.05) is 11.6 Å². The lowest BCUT2D eigenvalue weighted by Gasteiger charge is -2.22. The minimum atomic E-state index is -0.221. The van der Waals surface area contributed by atoms with Crippen molar-refractivity contribution in [3.63, 3.8) is 0 Å². The number of amides is 2. The molecule has 0 spiro atoms. The fourth-order valence-corrected chi connectivity index (χ4v) is 3.37. The third-order valence-electron chi connectivity index (χ3n) is 3.27. The molecule has 2 amide bonds. The summed E-state index contributed by atoms with van der Waals surface area (Å²) in [5.74, 6) is 1.66. The van der Waals surface area contributed by atoms with Crippen molar-refractivity contribution in [2.24, 2.45) is 0 Å². The molecule has 0 aromatic heterocycles. The first kappa shape index (κ1) is 17.1. The van der Waals surface area contributed by atoms with Gasteiger partial charge in [0.15, 0.2) is 0 Å². The molecular formula is C15H20ClN3O2S. The number of carbonyl (C=O) groups is 2. The van der Waals surface area contributed by atoms with E-state index in [4.69, 9.17) is 11.6 Å². The number of rotatable bonds is 5. The van der Waals surface area contributed by atoms with E-state index in [1.807, 2.05) is 18.7 Å². The quantitative estimate of drug-likeness (QED) is 0.767. The number of carbonyl (C=O) groups excluding carboxylic acids is 2. The van der Waals surface area contributed by atoms with Crippen LogP contribution in [0.4, 0.5) is 5.69 Å². The summed E-state index contributed by atoms with van der Waals surface area (Å²) in [6.07, 6.45) is 0.383. The third-order valence-corrected chi connectivity index (χ3v) is 4.63. The van der Waals surface area contributed by atoms with Gasteiger partial charge in [0.05, 0.1) is 11.3 Å². The van der Waals surface area contributed by atoms with Crippen LogP contribution in [0, 0.1) is 0 Å². The van der Waals surface area contributed by atoms with Crippen LogP contribution >= 0.6 is 23.4 Å². The van der Waals surface area contributed by atoms with E-state index in [0.717, 1.165) is 18.1 Å². The van der Waals surface area contributed by atoms with Crippen LogP contribution in [0.25, 0.3) is 0 Å². The molecule has 3 N–H and O–H groups in total. The van der Waals surface area contributed by atoms with E-state index in [2.05, 4.69) is 16.0 Å². The molecule has 1 aliphatic heterocycles. The number of hydrogen-bond acceptors (Lipinski definition) is 4. The summed E-state index contributed by atoms with van der Waals surface area (Å²) in [6.45, 7) is 3.29. The SMILES string of the molecule is CCNC(=O)c1ccc(Cl)cc1NC(=O)CC1CSCCN1. The standard InChI is InChI=1S/C15H20ClN3O2S/c1-2-17-15(21)12-4-3-10(16)7-13(12)19-14(20)8-11-9-22-6-5-18-11/h3-4,7,11,18H,2,5-6,8-9H2,1H3,(H,17,21)(H,19,20). The van der Waals surface area contributed by atoms with Crippen molar-refractivity contribution in [3.05, 3.63) is 28.8 Å². The zero-order valence-electron chi connectivity index (χ0n) is 12.4. The number of anilines is 1. The second kappa shape index (κ2) is 8.41. The van der Waals surface area contributed by atoms with Gasteiger partial charge >= 0.3 is 0 Å². The van der Waals surface area contributed by atoms with Gasteiger partial charge in [-0.15, -0.1) is 0 Å². The summed E-state index contributed by atoms with van der Waals surface area (Å²) in [5, 5.41) is 9.33. The molecule has 2 rings (SSSR count). The van der Waals surface area contributed by atoms with Gasteiger partial charge in [-0.25, -0.2) is 0 Å². The van der Waals surface area contributed by atoms with Crippen LogP contribution in [0.1, 0.15) is 23.7 Å². The Balaban J connectivity index is 2.05. The molecule has 1 aromatic carbocycles. The lowest BCUT2D eigenvalue weighted by atomic mass is 10.1. The maximum absolute atomic E-state index is 12.2. The highest BCUT2D eigenvalue weighted by atomic mass is 35.5. The van der Waals surface area contributed by atoms with Crippen molar-refractivity contribution >= 4 is 40.9 Å². The third kappa shape index (κ3) is 4.90. The monoisotopic (exact) mass is 341 g/mol.